The summed E-state index contributed by atoms with van der Waals surface area (Å²) in [5.74, 6) is 0. The fourth-order valence-corrected chi connectivity index (χ4v) is 4.09. The standard InChI is InChI=1S/C17H15BrN2O/c18-13-10-12-7-4-8-14-16(12)20(17(21)19-14)15(13)9-11-5-2-1-3-6-11/h1-8,13,15H,9-10H2,(H,19,21)/t13-,15?/m1/s1. The molecular weight excluding hydrogens is 328 g/mol. The van der Waals surface area contributed by atoms with Crippen LogP contribution in [0.25, 0.3) is 11.0 Å². The summed E-state index contributed by atoms with van der Waals surface area (Å²) in [6, 6.07) is 16.6. The Hall–Kier alpha value is -1.81. The minimum atomic E-state index is -0.0115. The second-order valence-electron chi connectivity index (χ2n) is 5.59. The zero-order valence-corrected chi connectivity index (χ0v) is 13.0. The maximum absolute atomic E-state index is 12.4. The molecule has 1 aliphatic heterocycles. The normalized spacial score (nSPS) is 20.8. The van der Waals surface area contributed by atoms with Crippen LogP contribution in [0.4, 0.5) is 0 Å². The van der Waals surface area contributed by atoms with Gasteiger partial charge in [-0.15, -0.1) is 0 Å². The molecule has 2 aromatic carbocycles. The molecule has 1 N–H and O–H groups in total. The van der Waals surface area contributed by atoms with Crippen LogP contribution in [0, 0.1) is 0 Å². The van der Waals surface area contributed by atoms with Crippen molar-refractivity contribution in [3.05, 3.63) is 70.1 Å². The average Bonchev–Trinajstić information content (AvgIpc) is 2.82. The molecule has 0 radical (unpaired) electrons. The summed E-state index contributed by atoms with van der Waals surface area (Å²) in [6.07, 6.45) is 1.81. The van der Waals surface area contributed by atoms with E-state index in [2.05, 4.69) is 39.1 Å². The van der Waals surface area contributed by atoms with Gasteiger partial charge in [-0.1, -0.05) is 58.4 Å². The molecule has 0 fully saturated rings. The first-order valence-electron chi connectivity index (χ1n) is 7.14. The number of aromatic amines is 1. The topological polar surface area (TPSA) is 37.8 Å². The SMILES string of the molecule is O=c1[nH]c2cccc3c2n1C(Cc1ccccc1)[C@H](Br)C3. The van der Waals surface area contributed by atoms with Crippen LogP contribution in [-0.2, 0) is 12.8 Å². The molecule has 0 saturated carbocycles. The van der Waals surface area contributed by atoms with Gasteiger partial charge in [0.25, 0.3) is 0 Å². The molecule has 4 rings (SSSR count). The van der Waals surface area contributed by atoms with Gasteiger partial charge in [-0.3, -0.25) is 4.57 Å². The first-order valence-corrected chi connectivity index (χ1v) is 8.06. The highest BCUT2D eigenvalue weighted by molar-refractivity contribution is 9.09. The van der Waals surface area contributed by atoms with E-state index in [9.17, 15) is 4.79 Å². The molecule has 1 unspecified atom stereocenters. The third kappa shape index (κ3) is 2.05. The summed E-state index contributed by atoms with van der Waals surface area (Å²) in [4.78, 5) is 15.6. The van der Waals surface area contributed by atoms with E-state index >= 15 is 0 Å². The first kappa shape index (κ1) is 12.9. The van der Waals surface area contributed by atoms with Crippen LogP contribution < -0.4 is 5.69 Å². The van der Waals surface area contributed by atoms with E-state index in [-0.39, 0.29) is 16.6 Å². The van der Waals surface area contributed by atoms with Crippen LogP contribution >= 0.6 is 15.9 Å². The van der Waals surface area contributed by atoms with E-state index in [1.807, 2.05) is 34.9 Å². The van der Waals surface area contributed by atoms with E-state index in [0.29, 0.717) is 0 Å². The van der Waals surface area contributed by atoms with Gasteiger partial charge in [-0.25, -0.2) is 4.79 Å². The molecule has 0 aliphatic carbocycles. The third-order valence-corrected chi connectivity index (χ3v) is 5.21. The summed E-state index contributed by atoms with van der Waals surface area (Å²) in [5, 5.41) is 0. The summed E-state index contributed by atoms with van der Waals surface area (Å²) >= 11 is 3.79. The maximum Gasteiger partial charge on any atom is 0.326 e. The predicted molar refractivity (Wildman–Crippen MR) is 88.2 cm³/mol. The summed E-state index contributed by atoms with van der Waals surface area (Å²) < 4.78 is 1.93. The molecule has 3 aromatic rings. The molecule has 1 aliphatic rings. The molecule has 106 valence electrons. The predicted octanol–water partition coefficient (Wildman–Crippen LogP) is 3.43. The van der Waals surface area contributed by atoms with E-state index in [4.69, 9.17) is 0 Å². The minimum Gasteiger partial charge on any atom is -0.306 e. The second-order valence-corrected chi connectivity index (χ2v) is 6.77. The lowest BCUT2D eigenvalue weighted by Gasteiger charge is -2.29. The van der Waals surface area contributed by atoms with Crippen molar-refractivity contribution < 1.29 is 0 Å². The highest BCUT2D eigenvalue weighted by Gasteiger charge is 2.30. The molecule has 0 bridgehead atoms. The zero-order chi connectivity index (χ0) is 14.4. The molecule has 0 amide bonds. The monoisotopic (exact) mass is 342 g/mol. The van der Waals surface area contributed by atoms with Crippen LogP contribution in [0.2, 0.25) is 0 Å². The van der Waals surface area contributed by atoms with Gasteiger partial charge < -0.3 is 4.98 Å². The van der Waals surface area contributed by atoms with Crippen LogP contribution in [0.3, 0.4) is 0 Å². The maximum atomic E-state index is 12.4. The number of H-pyrrole nitrogens is 1. The number of benzene rings is 2. The Morgan fingerprint density at radius 1 is 1.14 bits per heavy atom. The number of nitrogens with one attached hydrogen (secondary N) is 1. The van der Waals surface area contributed by atoms with Gasteiger partial charge in [0.2, 0.25) is 0 Å². The van der Waals surface area contributed by atoms with Crippen LogP contribution in [-0.4, -0.2) is 14.4 Å². The van der Waals surface area contributed by atoms with Crippen molar-refractivity contribution in [2.24, 2.45) is 0 Å². The van der Waals surface area contributed by atoms with Crippen molar-refractivity contribution in [1.82, 2.24) is 9.55 Å². The van der Waals surface area contributed by atoms with E-state index in [1.54, 1.807) is 0 Å². The van der Waals surface area contributed by atoms with Gasteiger partial charge >= 0.3 is 5.69 Å². The van der Waals surface area contributed by atoms with Gasteiger partial charge in [0, 0.05) is 4.83 Å². The molecule has 21 heavy (non-hydrogen) atoms. The number of aromatic nitrogens is 2. The lowest BCUT2D eigenvalue weighted by atomic mass is 9.94. The number of imidazole rings is 1. The average molecular weight is 343 g/mol. The molecule has 0 spiro atoms. The van der Waals surface area contributed by atoms with Crippen molar-refractivity contribution in [3.8, 4) is 0 Å². The molecule has 1 aromatic heterocycles. The number of rotatable bonds is 2. The smallest absolute Gasteiger partial charge is 0.306 e. The third-order valence-electron chi connectivity index (χ3n) is 4.27. The van der Waals surface area contributed by atoms with Crippen molar-refractivity contribution in [2.75, 3.05) is 0 Å². The Morgan fingerprint density at radius 2 is 1.95 bits per heavy atom. The number of hydrogen-bond acceptors (Lipinski definition) is 1. The van der Waals surface area contributed by atoms with Crippen molar-refractivity contribution in [1.29, 1.82) is 0 Å². The summed E-state index contributed by atoms with van der Waals surface area (Å²) in [7, 11) is 0. The van der Waals surface area contributed by atoms with E-state index in [0.717, 1.165) is 23.9 Å². The number of para-hydroxylation sites is 1. The van der Waals surface area contributed by atoms with Crippen LogP contribution in [0.15, 0.2) is 53.3 Å². The number of alkyl halides is 1. The summed E-state index contributed by atoms with van der Waals surface area (Å²) in [6.45, 7) is 0. The van der Waals surface area contributed by atoms with Gasteiger partial charge in [0.05, 0.1) is 17.1 Å². The van der Waals surface area contributed by atoms with Gasteiger partial charge in [-0.05, 0) is 30.0 Å². The highest BCUT2D eigenvalue weighted by atomic mass is 79.9. The van der Waals surface area contributed by atoms with Crippen molar-refractivity contribution >= 4 is 27.0 Å². The lowest BCUT2D eigenvalue weighted by molar-refractivity contribution is 0.465. The Bertz CT molecular complexity index is 850. The fraction of sp³-hybridized carbons (Fsp3) is 0.235. The Kier molecular flexibility index (Phi) is 3.00. The van der Waals surface area contributed by atoms with Crippen LogP contribution in [0.5, 0.6) is 0 Å². The van der Waals surface area contributed by atoms with E-state index in [1.165, 1.54) is 11.1 Å². The van der Waals surface area contributed by atoms with E-state index < -0.39 is 0 Å². The molecule has 2 heterocycles. The molecular formula is C17H15BrN2O. The van der Waals surface area contributed by atoms with Crippen molar-refractivity contribution in [2.45, 2.75) is 23.7 Å². The van der Waals surface area contributed by atoms with Crippen molar-refractivity contribution in [3.63, 3.8) is 0 Å². The lowest BCUT2D eigenvalue weighted by Crippen LogP contribution is -2.34. The highest BCUT2D eigenvalue weighted by Crippen LogP contribution is 2.34. The zero-order valence-electron chi connectivity index (χ0n) is 11.4. The Labute approximate surface area is 130 Å². The molecule has 2 atom stereocenters. The molecule has 0 saturated heterocycles. The Balaban J connectivity index is 1.87. The first-order chi connectivity index (χ1) is 10.2. The number of hydrogen-bond donors (Lipinski definition) is 1. The largest absolute Gasteiger partial charge is 0.326 e. The van der Waals surface area contributed by atoms with Crippen LogP contribution in [0.1, 0.15) is 17.2 Å². The second kappa shape index (κ2) is 4.88. The molecule has 3 nitrogen and oxygen atoms in total. The number of halogens is 1. The van der Waals surface area contributed by atoms with Gasteiger partial charge in [0.15, 0.2) is 0 Å². The quantitative estimate of drug-likeness (QED) is 0.712. The number of nitrogens with zero attached hydrogens (tertiary/aromatic N) is 1. The Morgan fingerprint density at radius 3 is 2.76 bits per heavy atom. The molecule has 4 heteroatoms. The fourth-order valence-electron chi connectivity index (χ4n) is 3.32. The summed E-state index contributed by atoms with van der Waals surface area (Å²) in [5.41, 5.74) is 4.49. The van der Waals surface area contributed by atoms with Gasteiger partial charge in [0.1, 0.15) is 0 Å². The van der Waals surface area contributed by atoms with Gasteiger partial charge in [-0.2, -0.15) is 0 Å². The minimum absolute atomic E-state index is 0.0115.